The molecule has 0 aliphatic rings. The Kier molecular flexibility index (Phi) is 4.52. The summed E-state index contributed by atoms with van der Waals surface area (Å²) in [5.74, 6) is -0.857. The summed E-state index contributed by atoms with van der Waals surface area (Å²) in [4.78, 5) is 13.2. The maximum Gasteiger partial charge on any atom is 0.336 e. The van der Waals surface area contributed by atoms with E-state index in [-0.39, 0.29) is 0 Å². The van der Waals surface area contributed by atoms with Gasteiger partial charge in [0.25, 0.3) is 0 Å². The first-order chi connectivity index (χ1) is 8.65. The molecule has 0 saturated heterocycles. The van der Waals surface area contributed by atoms with E-state index in [0.29, 0.717) is 11.6 Å². The Bertz CT molecular complexity index is 505. The van der Waals surface area contributed by atoms with Crippen LogP contribution in [0.3, 0.4) is 0 Å². The minimum atomic E-state index is -0.857. The van der Waals surface area contributed by atoms with Crippen LogP contribution in [0.4, 0.5) is 0 Å². The zero-order valence-electron chi connectivity index (χ0n) is 10.1. The van der Waals surface area contributed by atoms with Gasteiger partial charge in [-0.15, -0.1) is 22.7 Å². The topological polar surface area (TPSA) is 49.3 Å². The van der Waals surface area contributed by atoms with Crippen molar-refractivity contribution in [3.63, 3.8) is 0 Å². The molecule has 2 heterocycles. The van der Waals surface area contributed by atoms with E-state index in [0.717, 1.165) is 17.8 Å². The molecule has 0 fully saturated rings. The van der Waals surface area contributed by atoms with Crippen LogP contribution in [0.2, 0.25) is 0 Å². The van der Waals surface area contributed by atoms with E-state index >= 15 is 0 Å². The summed E-state index contributed by atoms with van der Waals surface area (Å²) in [7, 11) is 0. The van der Waals surface area contributed by atoms with Crippen molar-refractivity contribution in [1.82, 2.24) is 5.32 Å². The zero-order valence-corrected chi connectivity index (χ0v) is 11.7. The Labute approximate surface area is 114 Å². The number of aromatic carboxylic acids is 1. The Morgan fingerprint density at radius 1 is 1.44 bits per heavy atom. The molecule has 1 atom stereocenters. The third-order valence-corrected chi connectivity index (χ3v) is 4.45. The smallest absolute Gasteiger partial charge is 0.336 e. The van der Waals surface area contributed by atoms with Gasteiger partial charge < -0.3 is 10.4 Å². The predicted molar refractivity (Wildman–Crippen MR) is 75.6 cm³/mol. The first kappa shape index (κ1) is 13.3. The first-order valence-electron chi connectivity index (χ1n) is 5.71. The fraction of sp³-hybridized carbons (Fsp3) is 0.308. The molecule has 2 rings (SSSR count). The van der Waals surface area contributed by atoms with E-state index in [9.17, 15) is 4.79 Å². The molecule has 18 heavy (non-hydrogen) atoms. The number of hydrogen-bond acceptors (Lipinski definition) is 4. The summed E-state index contributed by atoms with van der Waals surface area (Å²) < 4.78 is 0. The minimum Gasteiger partial charge on any atom is -0.478 e. The van der Waals surface area contributed by atoms with Crippen LogP contribution in [0.1, 0.15) is 27.0 Å². The monoisotopic (exact) mass is 281 g/mol. The van der Waals surface area contributed by atoms with E-state index in [1.165, 1.54) is 16.2 Å². The molecule has 0 aliphatic heterocycles. The maximum absolute atomic E-state index is 10.8. The second-order valence-electron chi connectivity index (χ2n) is 4.17. The van der Waals surface area contributed by atoms with Crippen LogP contribution in [0, 0.1) is 0 Å². The van der Waals surface area contributed by atoms with Crippen LogP contribution in [0.15, 0.2) is 29.0 Å². The molecule has 0 spiro atoms. The molecule has 2 N–H and O–H groups in total. The second kappa shape index (κ2) is 6.13. The Morgan fingerprint density at radius 3 is 2.89 bits per heavy atom. The van der Waals surface area contributed by atoms with Crippen molar-refractivity contribution in [2.75, 3.05) is 0 Å². The molecule has 0 amide bonds. The van der Waals surface area contributed by atoms with Gasteiger partial charge in [0.2, 0.25) is 0 Å². The zero-order chi connectivity index (χ0) is 13.0. The van der Waals surface area contributed by atoms with Gasteiger partial charge in [0.1, 0.15) is 0 Å². The van der Waals surface area contributed by atoms with Crippen molar-refractivity contribution in [1.29, 1.82) is 0 Å². The van der Waals surface area contributed by atoms with Gasteiger partial charge in [-0.2, -0.15) is 0 Å². The summed E-state index contributed by atoms with van der Waals surface area (Å²) in [6.07, 6.45) is 1.01. The largest absolute Gasteiger partial charge is 0.478 e. The first-order valence-corrected chi connectivity index (χ1v) is 7.47. The average molecular weight is 281 g/mol. The van der Waals surface area contributed by atoms with Crippen molar-refractivity contribution in [3.05, 3.63) is 44.3 Å². The van der Waals surface area contributed by atoms with Gasteiger partial charge in [0.05, 0.1) is 5.56 Å². The lowest BCUT2D eigenvalue weighted by atomic mass is 10.2. The fourth-order valence-corrected chi connectivity index (χ4v) is 3.31. The van der Waals surface area contributed by atoms with Gasteiger partial charge in [0, 0.05) is 27.7 Å². The van der Waals surface area contributed by atoms with Crippen molar-refractivity contribution in [2.45, 2.75) is 25.9 Å². The normalized spacial score (nSPS) is 12.5. The standard InChI is InChI=1S/C13H15NO2S2/c1-9(5-11-3-2-4-17-11)14-7-12-6-10(8-18-12)13(15)16/h2-4,6,8-9,14H,5,7H2,1H3,(H,15,16). The highest BCUT2D eigenvalue weighted by Gasteiger charge is 2.08. The van der Waals surface area contributed by atoms with Crippen LogP contribution < -0.4 is 5.32 Å². The number of carboxylic acid groups (broad SMARTS) is 1. The van der Waals surface area contributed by atoms with Gasteiger partial charge in [-0.05, 0) is 30.9 Å². The number of carbonyl (C=O) groups is 1. The highest BCUT2D eigenvalue weighted by molar-refractivity contribution is 7.10. The summed E-state index contributed by atoms with van der Waals surface area (Å²) in [6, 6.07) is 6.32. The van der Waals surface area contributed by atoms with E-state index in [4.69, 9.17) is 5.11 Å². The summed E-state index contributed by atoms with van der Waals surface area (Å²) in [5.41, 5.74) is 0.378. The molecule has 0 bridgehead atoms. The number of carboxylic acids is 1. The molecule has 0 radical (unpaired) electrons. The average Bonchev–Trinajstić information content (AvgIpc) is 2.96. The molecular weight excluding hydrogens is 266 g/mol. The molecule has 0 aromatic carbocycles. The summed E-state index contributed by atoms with van der Waals surface area (Å²) in [6.45, 7) is 2.87. The number of hydrogen-bond donors (Lipinski definition) is 2. The number of nitrogens with one attached hydrogen (secondary N) is 1. The molecule has 3 nitrogen and oxygen atoms in total. The third kappa shape index (κ3) is 3.66. The SMILES string of the molecule is CC(Cc1cccs1)NCc1cc(C(=O)O)cs1. The van der Waals surface area contributed by atoms with Gasteiger partial charge in [-0.3, -0.25) is 0 Å². The molecule has 1 unspecified atom stereocenters. The van der Waals surface area contributed by atoms with Crippen molar-refractivity contribution >= 4 is 28.6 Å². The molecule has 2 aromatic rings. The fourth-order valence-electron chi connectivity index (χ4n) is 1.66. The molecule has 0 aliphatic carbocycles. The second-order valence-corrected chi connectivity index (χ2v) is 6.20. The van der Waals surface area contributed by atoms with E-state index < -0.39 is 5.97 Å². The lowest BCUT2D eigenvalue weighted by molar-refractivity contribution is 0.0697. The van der Waals surface area contributed by atoms with Crippen molar-refractivity contribution in [3.8, 4) is 0 Å². The minimum absolute atomic E-state index is 0.378. The van der Waals surface area contributed by atoms with E-state index in [2.05, 4.69) is 29.8 Å². The highest BCUT2D eigenvalue weighted by atomic mass is 32.1. The van der Waals surface area contributed by atoms with Crippen LogP contribution in [-0.2, 0) is 13.0 Å². The van der Waals surface area contributed by atoms with Gasteiger partial charge in [-0.1, -0.05) is 6.07 Å². The molecule has 0 saturated carbocycles. The van der Waals surface area contributed by atoms with Gasteiger partial charge in [-0.25, -0.2) is 4.79 Å². The van der Waals surface area contributed by atoms with Crippen molar-refractivity contribution in [2.24, 2.45) is 0 Å². The lowest BCUT2D eigenvalue weighted by Gasteiger charge is -2.11. The van der Waals surface area contributed by atoms with E-state index in [1.807, 2.05) is 0 Å². The van der Waals surface area contributed by atoms with E-state index in [1.54, 1.807) is 22.8 Å². The molecule has 5 heteroatoms. The molecular formula is C13H15NO2S2. The molecule has 2 aromatic heterocycles. The quantitative estimate of drug-likeness (QED) is 0.854. The lowest BCUT2D eigenvalue weighted by Crippen LogP contribution is -2.26. The van der Waals surface area contributed by atoms with Crippen LogP contribution in [0.5, 0.6) is 0 Å². The maximum atomic E-state index is 10.8. The summed E-state index contributed by atoms with van der Waals surface area (Å²) in [5, 5.41) is 16.0. The Balaban J connectivity index is 1.81. The Morgan fingerprint density at radius 2 is 2.28 bits per heavy atom. The van der Waals surface area contributed by atoms with Crippen LogP contribution >= 0.6 is 22.7 Å². The van der Waals surface area contributed by atoms with Crippen molar-refractivity contribution < 1.29 is 9.90 Å². The number of rotatable bonds is 6. The predicted octanol–water partition coefficient (Wildman–Crippen LogP) is 3.23. The van der Waals surface area contributed by atoms with Crippen LogP contribution in [0.25, 0.3) is 0 Å². The highest BCUT2D eigenvalue weighted by Crippen LogP contribution is 2.15. The van der Waals surface area contributed by atoms with Gasteiger partial charge >= 0.3 is 5.97 Å². The van der Waals surface area contributed by atoms with Gasteiger partial charge in [0.15, 0.2) is 0 Å². The number of thiophene rings is 2. The third-order valence-electron chi connectivity index (χ3n) is 2.61. The summed E-state index contributed by atoms with van der Waals surface area (Å²) >= 11 is 3.25. The molecule has 96 valence electrons. The van der Waals surface area contributed by atoms with Crippen LogP contribution in [-0.4, -0.2) is 17.1 Å². The Hall–Kier alpha value is -1.17.